The van der Waals surface area contributed by atoms with E-state index in [9.17, 15) is 0 Å². The van der Waals surface area contributed by atoms with Crippen LogP contribution in [0.4, 0.5) is 0 Å². The Morgan fingerprint density at radius 1 is 0.667 bits per heavy atom. The molecule has 0 bridgehead atoms. The molecule has 0 aliphatic carbocycles. The Kier molecular flexibility index (Phi) is 13.3. The summed E-state index contributed by atoms with van der Waals surface area (Å²) in [5.41, 5.74) is 1.40. The number of aromatic nitrogens is 2. The van der Waals surface area contributed by atoms with Crippen molar-refractivity contribution in [2.75, 3.05) is 0 Å². The van der Waals surface area contributed by atoms with Gasteiger partial charge in [0.2, 0.25) is 0 Å². The van der Waals surface area contributed by atoms with Crippen molar-refractivity contribution in [3.05, 3.63) is 54.1 Å². The van der Waals surface area contributed by atoms with E-state index in [4.69, 9.17) is 0 Å². The summed E-state index contributed by atoms with van der Waals surface area (Å²) in [6.45, 7) is 6.73. The number of unbranched alkanes of at least 4 members (excludes halogenated alkanes) is 12. The van der Waals surface area contributed by atoms with E-state index in [0.29, 0.717) is 0 Å². The van der Waals surface area contributed by atoms with E-state index in [1.54, 1.807) is 0 Å². The van der Waals surface area contributed by atoms with Gasteiger partial charge in [-0.1, -0.05) is 121 Å². The summed E-state index contributed by atoms with van der Waals surface area (Å²) < 4.78 is 4.98. The van der Waals surface area contributed by atoms with Gasteiger partial charge < -0.3 is 0 Å². The van der Waals surface area contributed by atoms with Gasteiger partial charge in [-0.2, -0.15) is 0 Å². The molecule has 2 heteroatoms. The molecule has 0 atom stereocenters. The molecule has 2 rings (SSSR count). The zero-order chi connectivity index (χ0) is 21.3. The molecule has 0 spiro atoms. The van der Waals surface area contributed by atoms with Crippen LogP contribution in [-0.4, -0.2) is 4.57 Å². The largest absolute Gasteiger partial charge is 0.256 e. The summed E-state index contributed by atoms with van der Waals surface area (Å²) in [5.74, 6) is 1.51. The Labute approximate surface area is 186 Å². The second-order valence-electron chi connectivity index (χ2n) is 9.01. The normalized spacial score (nSPS) is 11.3. The van der Waals surface area contributed by atoms with Crippen molar-refractivity contribution in [2.45, 2.75) is 123 Å². The molecule has 0 saturated carbocycles. The van der Waals surface area contributed by atoms with E-state index in [2.05, 4.69) is 65.7 Å². The van der Waals surface area contributed by atoms with Crippen LogP contribution >= 0.6 is 0 Å². The third-order valence-electron chi connectivity index (χ3n) is 6.29. The van der Waals surface area contributed by atoms with Crippen LogP contribution in [0.25, 0.3) is 0 Å². The van der Waals surface area contributed by atoms with Crippen molar-refractivity contribution in [3.8, 4) is 0 Å². The van der Waals surface area contributed by atoms with Gasteiger partial charge in [0, 0.05) is 6.42 Å². The van der Waals surface area contributed by atoms with Crippen LogP contribution in [-0.2, 0) is 19.5 Å². The van der Waals surface area contributed by atoms with Crippen LogP contribution < -0.4 is 4.57 Å². The lowest BCUT2D eigenvalue weighted by molar-refractivity contribution is -0.695. The second kappa shape index (κ2) is 16.2. The molecule has 0 fully saturated rings. The topological polar surface area (TPSA) is 8.81 Å². The van der Waals surface area contributed by atoms with Crippen LogP contribution in [0.5, 0.6) is 0 Å². The SMILES string of the molecule is CCCCCCCCCCCCCCc1n(CCCC)cc[n+]1Cc1ccccc1. The number of hydrogen-bond donors (Lipinski definition) is 0. The number of rotatable bonds is 18. The number of hydrogen-bond acceptors (Lipinski definition) is 0. The molecule has 2 aromatic rings. The highest BCUT2D eigenvalue weighted by atomic mass is 15.1. The minimum Gasteiger partial charge on any atom is -0.234 e. The van der Waals surface area contributed by atoms with Crippen LogP contribution in [0.1, 0.15) is 115 Å². The van der Waals surface area contributed by atoms with Gasteiger partial charge in [0.15, 0.2) is 0 Å². The molecule has 1 aromatic heterocycles. The van der Waals surface area contributed by atoms with Crippen molar-refractivity contribution >= 4 is 0 Å². The van der Waals surface area contributed by atoms with Gasteiger partial charge in [-0.3, -0.25) is 0 Å². The first-order chi connectivity index (χ1) is 14.8. The third-order valence-corrected chi connectivity index (χ3v) is 6.29. The molecule has 0 amide bonds. The van der Waals surface area contributed by atoms with E-state index in [0.717, 1.165) is 13.1 Å². The Hall–Kier alpha value is -1.57. The standard InChI is InChI=1S/C28H47N2/c1-3-5-7-8-9-10-11-12-13-14-15-19-22-28-29(23-6-4-2)24-25-30(28)26-27-20-17-16-18-21-27/h16-18,20-21,24-25H,3-15,19,22-23,26H2,1-2H3/q+1. The zero-order valence-corrected chi connectivity index (χ0v) is 20.0. The van der Waals surface area contributed by atoms with Gasteiger partial charge in [0.05, 0.1) is 6.54 Å². The Bertz CT molecular complexity index is 644. The third kappa shape index (κ3) is 9.96. The lowest BCUT2D eigenvalue weighted by Crippen LogP contribution is -2.37. The van der Waals surface area contributed by atoms with E-state index in [-0.39, 0.29) is 0 Å². The molecule has 1 aromatic carbocycles. The first-order valence-corrected chi connectivity index (χ1v) is 13.0. The summed E-state index contributed by atoms with van der Waals surface area (Å²) >= 11 is 0. The first kappa shape index (κ1) is 24.7. The minimum atomic E-state index is 0.994. The fourth-order valence-corrected chi connectivity index (χ4v) is 4.37. The number of aryl methyl sites for hydroxylation is 1. The summed E-state index contributed by atoms with van der Waals surface area (Å²) in [5, 5.41) is 0. The van der Waals surface area contributed by atoms with Crippen molar-refractivity contribution in [3.63, 3.8) is 0 Å². The van der Waals surface area contributed by atoms with Crippen LogP contribution in [0.3, 0.4) is 0 Å². The van der Waals surface area contributed by atoms with Gasteiger partial charge >= 0.3 is 0 Å². The van der Waals surface area contributed by atoms with Crippen molar-refractivity contribution in [1.29, 1.82) is 0 Å². The second-order valence-corrected chi connectivity index (χ2v) is 9.01. The van der Waals surface area contributed by atoms with Gasteiger partial charge in [-0.25, -0.2) is 9.13 Å². The lowest BCUT2D eigenvalue weighted by Gasteiger charge is -2.06. The number of nitrogens with zero attached hydrogens (tertiary/aromatic N) is 2. The molecule has 0 unspecified atom stereocenters. The molecule has 0 aliphatic heterocycles. The molecule has 0 saturated heterocycles. The van der Waals surface area contributed by atoms with Crippen molar-refractivity contribution < 1.29 is 4.57 Å². The van der Waals surface area contributed by atoms with Gasteiger partial charge in [0.1, 0.15) is 18.9 Å². The summed E-state index contributed by atoms with van der Waals surface area (Å²) in [6, 6.07) is 10.9. The molecule has 0 radical (unpaired) electrons. The van der Waals surface area contributed by atoms with E-state index in [1.165, 1.54) is 108 Å². The molecule has 30 heavy (non-hydrogen) atoms. The Morgan fingerprint density at radius 3 is 1.83 bits per heavy atom. The molecule has 168 valence electrons. The van der Waals surface area contributed by atoms with E-state index in [1.807, 2.05) is 0 Å². The number of imidazole rings is 1. The smallest absolute Gasteiger partial charge is 0.234 e. The van der Waals surface area contributed by atoms with E-state index >= 15 is 0 Å². The zero-order valence-electron chi connectivity index (χ0n) is 20.0. The average molecular weight is 412 g/mol. The Morgan fingerprint density at radius 2 is 1.23 bits per heavy atom. The molecular weight excluding hydrogens is 364 g/mol. The summed E-state index contributed by atoms with van der Waals surface area (Å²) in [4.78, 5) is 0. The molecule has 0 N–H and O–H groups in total. The van der Waals surface area contributed by atoms with E-state index < -0.39 is 0 Å². The minimum absolute atomic E-state index is 0.994. The maximum absolute atomic E-state index is 2.50. The predicted molar refractivity (Wildman–Crippen MR) is 130 cm³/mol. The number of benzene rings is 1. The average Bonchev–Trinajstić information content (AvgIpc) is 3.15. The fourth-order valence-electron chi connectivity index (χ4n) is 4.37. The molecule has 1 heterocycles. The molecular formula is C28H47N2+. The maximum atomic E-state index is 2.50. The Balaban J connectivity index is 1.67. The van der Waals surface area contributed by atoms with Crippen LogP contribution in [0.2, 0.25) is 0 Å². The summed E-state index contributed by atoms with van der Waals surface area (Å²) in [6.07, 6.45) is 25.3. The molecule has 2 nitrogen and oxygen atoms in total. The van der Waals surface area contributed by atoms with Crippen LogP contribution in [0.15, 0.2) is 42.7 Å². The monoisotopic (exact) mass is 411 g/mol. The van der Waals surface area contributed by atoms with Gasteiger partial charge in [-0.05, 0) is 18.4 Å². The quantitative estimate of drug-likeness (QED) is 0.174. The first-order valence-electron chi connectivity index (χ1n) is 13.0. The maximum Gasteiger partial charge on any atom is 0.256 e. The fraction of sp³-hybridized carbons (Fsp3) is 0.679. The van der Waals surface area contributed by atoms with Crippen molar-refractivity contribution in [1.82, 2.24) is 4.57 Å². The molecule has 0 aliphatic rings. The van der Waals surface area contributed by atoms with Crippen molar-refractivity contribution in [2.24, 2.45) is 0 Å². The highest BCUT2D eigenvalue weighted by molar-refractivity contribution is 5.13. The highest BCUT2D eigenvalue weighted by Gasteiger charge is 2.16. The van der Waals surface area contributed by atoms with Gasteiger partial charge in [0.25, 0.3) is 5.82 Å². The highest BCUT2D eigenvalue weighted by Crippen LogP contribution is 2.13. The predicted octanol–water partition coefficient (Wildman–Crippen LogP) is 7.87. The lowest BCUT2D eigenvalue weighted by atomic mass is 10.0. The summed E-state index contributed by atoms with van der Waals surface area (Å²) in [7, 11) is 0. The van der Waals surface area contributed by atoms with Crippen LogP contribution in [0, 0.1) is 0 Å². The van der Waals surface area contributed by atoms with Gasteiger partial charge in [-0.15, -0.1) is 0 Å².